The van der Waals surface area contributed by atoms with Crippen LogP contribution in [0.4, 0.5) is 5.13 Å². The molecule has 0 spiro atoms. The standard InChI is InChI=1S/C12H20N2OS/c1-9-10(2)16-11(14-9)13-7-12(8-15)5-3-4-6-12/h15H,3-8H2,1-2H3,(H,13,14). The molecule has 1 heterocycles. The van der Waals surface area contributed by atoms with Gasteiger partial charge >= 0.3 is 0 Å². The molecular weight excluding hydrogens is 220 g/mol. The van der Waals surface area contributed by atoms with Crippen LogP contribution in [0.15, 0.2) is 0 Å². The van der Waals surface area contributed by atoms with Crippen LogP contribution in [0, 0.1) is 19.3 Å². The Labute approximate surface area is 101 Å². The minimum absolute atomic E-state index is 0.105. The van der Waals surface area contributed by atoms with Crippen LogP contribution < -0.4 is 5.32 Å². The van der Waals surface area contributed by atoms with Gasteiger partial charge in [0.05, 0.1) is 12.3 Å². The van der Waals surface area contributed by atoms with Gasteiger partial charge in [-0.1, -0.05) is 12.8 Å². The quantitative estimate of drug-likeness (QED) is 0.850. The van der Waals surface area contributed by atoms with E-state index in [1.54, 1.807) is 11.3 Å². The third-order valence-corrected chi connectivity index (χ3v) is 4.67. The second-order valence-corrected chi connectivity index (χ2v) is 6.08. The average Bonchev–Trinajstić information content (AvgIpc) is 2.85. The van der Waals surface area contributed by atoms with Gasteiger partial charge in [0.2, 0.25) is 0 Å². The Hall–Kier alpha value is -0.610. The fraction of sp³-hybridized carbons (Fsp3) is 0.750. The van der Waals surface area contributed by atoms with Gasteiger partial charge in [0.1, 0.15) is 0 Å². The first-order chi connectivity index (χ1) is 7.65. The average molecular weight is 240 g/mol. The molecule has 0 amide bonds. The highest BCUT2D eigenvalue weighted by molar-refractivity contribution is 7.15. The van der Waals surface area contributed by atoms with E-state index in [9.17, 15) is 5.11 Å². The summed E-state index contributed by atoms with van der Waals surface area (Å²) in [6.45, 7) is 5.28. The number of aromatic nitrogens is 1. The molecule has 0 aromatic carbocycles. The number of aryl methyl sites for hydroxylation is 2. The molecule has 0 bridgehead atoms. The van der Waals surface area contributed by atoms with Gasteiger partial charge in [0.25, 0.3) is 0 Å². The topological polar surface area (TPSA) is 45.2 Å². The van der Waals surface area contributed by atoms with Gasteiger partial charge in [-0.15, -0.1) is 11.3 Å². The highest BCUT2D eigenvalue weighted by atomic mass is 32.1. The normalized spacial score (nSPS) is 18.9. The summed E-state index contributed by atoms with van der Waals surface area (Å²) in [5.74, 6) is 0. The van der Waals surface area contributed by atoms with Crippen molar-refractivity contribution in [1.82, 2.24) is 4.98 Å². The van der Waals surface area contributed by atoms with Gasteiger partial charge in [-0.2, -0.15) is 0 Å². The monoisotopic (exact) mass is 240 g/mol. The van der Waals surface area contributed by atoms with Crippen molar-refractivity contribution >= 4 is 16.5 Å². The van der Waals surface area contributed by atoms with Crippen molar-refractivity contribution < 1.29 is 5.11 Å². The first kappa shape index (κ1) is 11.9. The zero-order valence-corrected chi connectivity index (χ0v) is 10.9. The zero-order chi connectivity index (χ0) is 11.6. The lowest BCUT2D eigenvalue weighted by Gasteiger charge is -2.26. The molecule has 1 saturated carbocycles. The van der Waals surface area contributed by atoms with Crippen molar-refractivity contribution in [3.8, 4) is 0 Å². The van der Waals surface area contributed by atoms with Crippen LogP contribution in [0.1, 0.15) is 36.3 Å². The van der Waals surface area contributed by atoms with E-state index in [0.717, 1.165) is 30.2 Å². The van der Waals surface area contributed by atoms with Crippen molar-refractivity contribution in [3.63, 3.8) is 0 Å². The molecule has 0 aliphatic heterocycles. The molecule has 1 aliphatic carbocycles. The van der Waals surface area contributed by atoms with Gasteiger partial charge in [-0.05, 0) is 26.7 Å². The van der Waals surface area contributed by atoms with Gasteiger partial charge in [0.15, 0.2) is 5.13 Å². The number of anilines is 1. The zero-order valence-electron chi connectivity index (χ0n) is 10.0. The van der Waals surface area contributed by atoms with E-state index in [1.165, 1.54) is 17.7 Å². The summed E-state index contributed by atoms with van der Waals surface area (Å²) in [4.78, 5) is 5.73. The molecule has 4 heteroatoms. The van der Waals surface area contributed by atoms with Gasteiger partial charge < -0.3 is 10.4 Å². The maximum absolute atomic E-state index is 9.50. The minimum atomic E-state index is 0.105. The van der Waals surface area contributed by atoms with E-state index < -0.39 is 0 Å². The number of aliphatic hydroxyl groups excluding tert-OH is 1. The minimum Gasteiger partial charge on any atom is -0.396 e. The molecule has 0 unspecified atom stereocenters. The number of hydrogen-bond acceptors (Lipinski definition) is 4. The Kier molecular flexibility index (Phi) is 3.50. The number of thiazole rings is 1. The third kappa shape index (κ3) is 2.38. The Morgan fingerprint density at radius 3 is 2.56 bits per heavy atom. The summed E-state index contributed by atoms with van der Waals surface area (Å²) < 4.78 is 0. The maximum atomic E-state index is 9.50. The number of hydrogen-bond donors (Lipinski definition) is 2. The molecule has 3 nitrogen and oxygen atoms in total. The summed E-state index contributed by atoms with van der Waals surface area (Å²) in [5, 5.41) is 13.9. The molecule has 1 aromatic rings. The second kappa shape index (κ2) is 4.72. The lowest BCUT2D eigenvalue weighted by atomic mass is 9.87. The highest BCUT2D eigenvalue weighted by Crippen LogP contribution is 2.38. The summed E-state index contributed by atoms with van der Waals surface area (Å²) in [6.07, 6.45) is 4.77. The second-order valence-electron chi connectivity index (χ2n) is 4.88. The van der Waals surface area contributed by atoms with Crippen LogP contribution >= 0.6 is 11.3 Å². The predicted molar refractivity (Wildman–Crippen MR) is 68.1 cm³/mol. The molecule has 90 valence electrons. The van der Waals surface area contributed by atoms with E-state index in [0.29, 0.717) is 6.61 Å². The highest BCUT2D eigenvalue weighted by Gasteiger charge is 2.33. The fourth-order valence-electron chi connectivity index (χ4n) is 2.33. The smallest absolute Gasteiger partial charge is 0.183 e. The Bertz CT molecular complexity index is 336. The van der Waals surface area contributed by atoms with E-state index in [2.05, 4.69) is 17.2 Å². The molecule has 0 saturated heterocycles. The number of aliphatic hydroxyl groups is 1. The lowest BCUT2D eigenvalue weighted by Crippen LogP contribution is -2.30. The van der Waals surface area contributed by atoms with Gasteiger partial charge in [-0.3, -0.25) is 0 Å². The predicted octanol–water partition coefficient (Wildman–Crippen LogP) is 2.72. The van der Waals surface area contributed by atoms with Crippen molar-refractivity contribution in [2.75, 3.05) is 18.5 Å². The van der Waals surface area contributed by atoms with Crippen molar-refractivity contribution in [1.29, 1.82) is 0 Å². The van der Waals surface area contributed by atoms with Crippen LogP contribution in [0.2, 0.25) is 0 Å². The molecule has 16 heavy (non-hydrogen) atoms. The van der Waals surface area contributed by atoms with Crippen LogP contribution in [-0.2, 0) is 0 Å². The summed E-state index contributed by atoms with van der Waals surface area (Å²) in [5.41, 5.74) is 1.21. The number of nitrogens with zero attached hydrogens (tertiary/aromatic N) is 1. The van der Waals surface area contributed by atoms with Crippen LogP contribution in [0.5, 0.6) is 0 Å². The van der Waals surface area contributed by atoms with Crippen molar-refractivity contribution in [2.45, 2.75) is 39.5 Å². The van der Waals surface area contributed by atoms with E-state index in [1.807, 2.05) is 6.92 Å². The maximum Gasteiger partial charge on any atom is 0.183 e. The molecule has 0 atom stereocenters. The third-order valence-electron chi connectivity index (χ3n) is 3.64. The molecule has 2 rings (SSSR count). The van der Waals surface area contributed by atoms with Crippen molar-refractivity contribution in [2.24, 2.45) is 5.41 Å². The van der Waals surface area contributed by atoms with Gasteiger partial charge in [-0.25, -0.2) is 4.98 Å². The van der Waals surface area contributed by atoms with Crippen molar-refractivity contribution in [3.05, 3.63) is 10.6 Å². The lowest BCUT2D eigenvalue weighted by molar-refractivity contribution is 0.142. The molecule has 2 N–H and O–H groups in total. The summed E-state index contributed by atoms with van der Waals surface area (Å²) >= 11 is 1.70. The Balaban J connectivity index is 1.95. The first-order valence-electron chi connectivity index (χ1n) is 5.94. The molecule has 1 aromatic heterocycles. The van der Waals surface area contributed by atoms with Crippen LogP contribution in [0.3, 0.4) is 0 Å². The van der Waals surface area contributed by atoms with E-state index in [4.69, 9.17) is 0 Å². The molecule has 0 radical (unpaired) electrons. The molecule has 1 aliphatic rings. The number of nitrogens with one attached hydrogen (secondary N) is 1. The summed E-state index contributed by atoms with van der Waals surface area (Å²) in [7, 11) is 0. The molecule has 1 fully saturated rings. The summed E-state index contributed by atoms with van der Waals surface area (Å²) in [6, 6.07) is 0. The Morgan fingerprint density at radius 1 is 1.38 bits per heavy atom. The Morgan fingerprint density at radius 2 is 2.06 bits per heavy atom. The fourth-order valence-corrected chi connectivity index (χ4v) is 3.14. The first-order valence-corrected chi connectivity index (χ1v) is 6.76. The SMILES string of the molecule is Cc1nc(NCC2(CO)CCCC2)sc1C. The van der Waals surface area contributed by atoms with E-state index in [-0.39, 0.29) is 5.41 Å². The van der Waals surface area contributed by atoms with Gasteiger partial charge in [0, 0.05) is 16.8 Å². The van der Waals surface area contributed by atoms with E-state index >= 15 is 0 Å². The van der Waals surface area contributed by atoms with Crippen LogP contribution in [0.25, 0.3) is 0 Å². The van der Waals surface area contributed by atoms with Crippen LogP contribution in [-0.4, -0.2) is 23.2 Å². The molecular formula is C12H20N2OS. The largest absolute Gasteiger partial charge is 0.396 e. The number of rotatable bonds is 4.